The Kier molecular flexibility index (Phi) is 3.26. The highest BCUT2D eigenvalue weighted by Crippen LogP contribution is 2.45. The molecule has 0 spiro atoms. The second-order valence-electron chi connectivity index (χ2n) is 4.13. The predicted octanol–water partition coefficient (Wildman–Crippen LogP) is 1.11. The van der Waals surface area contributed by atoms with Crippen LogP contribution in [-0.4, -0.2) is 37.2 Å². The van der Waals surface area contributed by atoms with Crippen molar-refractivity contribution in [3.8, 4) is 5.75 Å². The van der Waals surface area contributed by atoms with E-state index in [1.54, 1.807) is 7.11 Å². The van der Waals surface area contributed by atoms with Crippen molar-refractivity contribution in [3.05, 3.63) is 4.88 Å². The lowest BCUT2D eigenvalue weighted by molar-refractivity contribution is 0.102. The van der Waals surface area contributed by atoms with E-state index in [-0.39, 0.29) is 11.9 Å². The zero-order valence-electron chi connectivity index (χ0n) is 9.90. The molecular weight excluding hydrogens is 240 g/mol. The number of aliphatic hydroxyl groups is 1. The van der Waals surface area contributed by atoms with E-state index in [1.807, 2.05) is 4.90 Å². The van der Waals surface area contributed by atoms with E-state index >= 15 is 0 Å². The summed E-state index contributed by atoms with van der Waals surface area (Å²) in [5, 5.41) is 10.4. The Hall–Kier alpha value is -1.27. The van der Waals surface area contributed by atoms with Crippen LogP contribution in [0.15, 0.2) is 0 Å². The molecule has 1 fully saturated rings. The van der Waals surface area contributed by atoms with Crippen molar-refractivity contribution < 1.29 is 14.6 Å². The van der Waals surface area contributed by atoms with Gasteiger partial charge in [0.1, 0.15) is 5.00 Å². The predicted molar refractivity (Wildman–Crippen MR) is 68.1 cm³/mol. The number of thiophene rings is 1. The summed E-state index contributed by atoms with van der Waals surface area (Å²) in [5.41, 5.74) is 6.30. The number of methoxy groups -OCH3 is 1. The van der Waals surface area contributed by atoms with E-state index < -0.39 is 0 Å². The monoisotopic (exact) mass is 256 g/mol. The zero-order valence-corrected chi connectivity index (χ0v) is 10.7. The van der Waals surface area contributed by atoms with Gasteiger partial charge in [-0.05, 0) is 6.42 Å². The molecule has 2 heterocycles. The number of hydrogen-bond donors (Lipinski definition) is 2. The fourth-order valence-electron chi connectivity index (χ4n) is 2.01. The van der Waals surface area contributed by atoms with Gasteiger partial charge in [0.15, 0.2) is 11.5 Å². The number of nitrogens with zero attached hydrogens (tertiary/aromatic N) is 1. The van der Waals surface area contributed by atoms with Crippen LogP contribution < -0.4 is 15.4 Å². The molecule has 0 saturated carbocycles. The highest BCUT2D eigenvalue weighted by molar-refractivity contribution is 7.19. The zero-order chi connectivity index (χ0) is 12.6. The Morgan fingerprint density at radius 1 is 1.65 bits per heavy atom. The number of ether oxygens (including phenoxy) is 1. The van der Waals surface area contributed by atoms with Crippen LogP contribution in [0.1, 0.15) is 23.0 Å². The molecule has 1 unspecified atom stereocenters. The summed E-state index contributed by atoms with van der Waals surface area (Å²) in [4.78, 5) is 14.0. The first-order chi connectivity index (χ1) is 8.04. The van der Waals surface area contributed by atoms with Gasteiger partial charge in [0, 0.05) is 20.0 Å². The first kappa shape index (κ1) is 12.2. The molecule has 0 aromatic carbocycles. The molecule has 6 heteroatoms. The molecule has 2 rings (SSSR count). The average molecular weight is 256 g/mol. The smallest absolute Gasteiger partial charge is 0.177 e. The molecule has 1 aromatic heterocycles. The minimum absolute atomic E-state index is 0.0585. The number of ketones is 1. The molecule has 94 valence electrons. The number of hydrogen-bond acceptors (Lipinski definition) is 6. The van der Waals surface area contributed by atoms with Gasteiger partial charge in [-0.15, -0.1) is 11.3 Å². The number of Topliss-reactive ketones (excluding diaryl/α,β-unsaturated/α-hetero) is 1. The van der Waals surface area contributed by atoms with E-state index in [0.29, 0.717) is 22.9 Å². The van der Waals surface area contributed by atoms with Crippen molar-refractivity contribution in [2.75, 3.05) is 30.8 Å². The maximum Gasteiger partial charge on any atom is 0.177 e. The highest BCUT2D eigenvalue weighted by Gasteiger charge is 2.28. The minimum Gasteiger partial charge on any atom is -0.492 e. The quantitative estimate of drug-likeness (QED) is 0.792. The second kappa shape index (κ2) is 4.54. The van der Waals surface area contributed by atoms with Gasteiger partial charge in [-0.1, -0.05) is 0 Å². The molecule has 0 amide bonds. The van der Waals surface area contributed by atoms with Crippen LogP contribution in [0.4, 0.5) is 10.7 Å². The van der Waals surface area contributed by atoms with Gasteiger partial charge in [0.05, 0.1) is 23.8 Å². The van der Waals surface area contributed by atoms with Crippen LogP contribution in [0.5, 0.6) is 5.75 Å². The van der Waals surface area contributed by atoms with Gasteiger partial charge in [-0.25, -0.2) is 0 Å². The molecule has 3 N–H and O–H groups in total. The SMILES string of the molecule is COc1c(N2CCC(O)C2)sc(C(C)=O)c1N. The van der Waals surface area contributed by atoms with Gasteiger partial charge in [-0.3, -0.25) is 4.79 Å². The third-order valence-corrected chi connectivity index (χ3v) is 4.21. The van der Waals surface area contributed by atoms with E-state index in [0.717, 1.165) is 18.0 Å². The minimum atomic E-state index is -0.316. The Morgan fingerprint density at radius 2 is 2.35 bits per heavy atom. The molecule has 0 bridgehead atoms. The summed E-state index contributed by atoms with van der Waals surface area (Å²) in [6.45, 7) is 2.81. The van der Waals surface area contributed by atoms with E-state index in [9.17, 15) is 9.90 Å². The Morgan fingerprint density at radius 3 is 2.82 bits per heavy atom. The van der Waals surface area contributed by atoms with Crippen molar-refractivity contribution >= 4 is 27.8 Å². The molecule has 17 heavy (non-hydrogen) atoms. The van der Waals surface area contributed by atoms with Crippen molar-refractivity contribution in [1.29, 1.82) is 0 Å². The van der Waals surface area contributed by atoms with Crippen molar-refractivity contribution in [2.45, 2.75) is 19.4 Å². The first-order valence-corrected chi connectivity index (χ1v) is 6.26. The molecule has 0 radical (unpaired) electrons. The molecule has 0 aliphatic carbocycles. The van der Waals surface area contributed by atoms with Crippen LogP contribution in [-0.2, 0) is 0 Å². The molecular formula is C11H16N2O3S. The number of aliphatic hydroxyl groups excluding tert-OH is 1. The number of β-amino-alcohol motifs (C(OH)–C–C–N with tert-alkyl or cyclic N) is 1. The summed E-state index contributed by atoms with van der Waals surface area (Å²) in [5.74, 6) is 0.492. The Bertz CT molecular complexity index is 444. The lowest BCUT2D eigenvalue weighted by atomic mass is 10.3. The fraction of sp³-hybridized carbons (Fsp3) is 0.545. The molecule has 5 nitrogen and oxygen atoms in total. The number of anilines is 2. The molecule has 1 aliphatic rings. The van der Waals surface area contributed by atoms with E-state index in [4.69, 9.17) is 10.5 Å². The summed E-state index contributed by atoms with van der Waals surface area (Å²) in [6.07, 6.45) is 0.417. The second-order valence-corrected chi connectivity index (χ2v) is 5.13. The molecule has 1 atom stereocenters. The number of carbonyl (C=O) groups is 1. The Labute approximate surface area is 104 Å². The summed E-state index contributed by atoms with van der Waals surface area (Å²) < 4.78 is 5.26. The van der Waals surface area contributed by atoms with Gasteiger partial charge < -0.3 is 20.5 Å². The maximum atomic E-state index is 11.4. The van der Waals surface area contributed by atoms with Crippen molar-refractivity contribution in [3.63, 3.8) is 0 Å². The van der Waals surface area contributed by atoms with Crippen molar-refractivity contribution in [1.82, 2.24) is 0 Å². The van der Waals surface area contributed by atoms with Gasteiger partial charge >= 0.3 is 0 Å². The summed E-state index contributed by atoms with van der Waals surface area (Å²) in [6, 6.07) is 0. The summed E-state index contributed by atoms with van der Waals surface area (Å²) in [7, 11) is 1.54. The third-order valence-electron chi connectivity index (χ3n) is 2.86. The normalized spacial score (nSPS) is 19.7. The molecule has 1 saturated heterocycles. The first-order valence-electron chi connectivity index (χ1n) is 5.44. The van der Waals surface area contributed by atoms with Gasteiger partial charge in [-0.2, -0.15) is 0 Å². The van der Waals surface area contributed by atoms with E-state index in [1.165, 1.54) is 18.3 Å². The van der Waals surface area contributed by atoms with Crippen LogP contribution >= 0.6 is 11.3 Å². The lowest BCUT2D eigenvalue weighted by Gasteiger charge is -2.16. The van der Waals surface area contributed by atoms with Gasteiger partial charge in [0.2, 0.25) is 0 Å². The third kappa shape index (κ3) is 2.10. The van der Waals surface area contributed by atoms with E-state index in [2.05, 4.69) is 0 Å². The fourth-order valence-corrected chi connectivity index (χ4v) is 3.13. The number of nitrogens with two attached hydrogens (primary N) is 1. The molecule has 1 aromatic rings. The van der Waals surface area contributed by atoms with Crippen LogP contribution in [0.3, 0.4) is 0 Å². The van der Waals surface area contributed by atoms with Crippen LogP contribution in [0, 0.1) is 0 Å². The average Bonchev–Trinajstić information content (AvgIpc) is 2.82. The topological polar surface area (TPSA) is 75.8 Å². The van der Waals surface area contributed by atoms with Crippen molar-refractivity contribution in [2.24, 2.45) is 0 Å². The van der Waals surface area contributed by atoms with Crippen LogP contribution in [0.25, 0.3) is 0 Å². The largest absolute Gasteiger partial charge is 0.492 e. The maximum absolute atomic E-state index is 11.4. The lowest BCUT2D eigenvalue weighted by Crippen LogP contribution is -2.20. The molecule has 1 aliphatic heterocycles. The standard InChI is InChI=1S/C11H16N2O3S/c1-6(14)10-8(12)9(16-2)11(17-10)13-4-3-7(15)5-13/h7,15H,3-5,12H2,1-2H3. The number of nitrogen functional groups attached to an aromatic ring is 1. The van der Waals surface area contributed by atoms with Gasteiger partial charge in [0.25, 0.3) is 0 Å². The summed E-state index contributed by atoms with van der Waals surface area (Å²) >= 11 is 1.33. The number of carbonyl (C=O) groups excluding carboxylic acids is 1. The highest BCUT2D eigenvalue weighted by atomic mass is 32.1. The van der Waals surface area contributed by atoms with Crippen LogP contribution in [0.2, 0.25) is 0 Å². The number of rotatable bonds is 3. The Balaban J connectivity index is 2.39.